The van der Waals surface area contributed by atoms with Crippen LogP contribution in [0.25, 0.3) is 21.3 Å². The summed E-state index contributed by atoms with van der Waals surface area (Å²) >= 11 is 3.21. The Hall–Kier alpha value is -2.64. The Morgan fingerprint density at radius 2 is 1.97 bits per heavy atom. The summed E-state index contributed by atoms with van der Waals surface area (Å²) in [5.74, 6) is 1.73. The minimum atomic E-state index is -0.475. The standard InChI is InChI=1S/C22H20N2O3S2/c1-4-14-5-7-15(8-6-14)17-12-29-21-19(17)20(23-13(2)24-21)28-11-16-9-10-18(27-16)22(25)26-3/h5-10,12H,4,11H2,1-3H3. The summed E-state index contributed by atoms with van der Waals surface area (Å²) in [7, 11) is 1.34. The number of thioether (sulfide) groups is 1. The topological polar surface area (TPSA) is 65.2 Å². The average Bonchev–Trinajstić information content (AvgIpc) is 3.38. The molecule has 0 spiro atoms. The van der Waals surface area contributed by atoms with Crippen LogP contribution in [0.3, 0.4) is 0 Å². The van der Waals surface area contributed by atoms with Gasteiger partial charge in [-0.05, 0) is 36.6 Å². The van der Waals surface area contributed by atoms with Gasteiger partial charge in [0.15, 0.2) is 0 Å². The SMILES string of the molecule is CCc1ccc(-c2csc3nc(C)nc(SCc4ccc(C(=O)OC)o4)c23)cc1. The van der Waals surface area contributed by atoms with E-state index in [0.29, 0.717) is 11.5 Å². The zero-order valence-electron chi connectivity index (χ0n) is 16.4. The van der Waals surface area contributed by atoms with Crippen molar-refractivity contribution in [2.45, 2.75) is 31.0 Å². The first-order chi connectivity index (χ1) is 14.1. The number of furan rings is 1. The molecule has 0 saturated heterocycles. The van der Waals surface area contributed by atoms with E-state index in [1.54, 1.807) is 35.2 Å². The van der Waals surface area contributed by atoms with Crippen LogP contribution in [0.1, 0.15) is 34.6 Å². The lowest BCUT2D eigenvalue weighted by atomic mass is 10.0. The molecule has 5 nitrogen and oxygen atoms in total. The second kappa shape index (κ2) is 8.39. The summed E-state index contributed by atoms with van der Waals surface area (Å²) in [5.41, 5.74) is 3.62. The van der Waals surface area contributed by atoms with Gasteiger partial charge in [0, 0.05) is 10.9 Å². The zero-order valence-corrected chi connectivity index (χ0v) is 18.0. The first kappa shape index (κ1) is 19.7. The maximum Gasteiger partial charge on any atom is 0.373 e. The van der Waals surface area contributed by atoms with Crippen LogP contribution in [0.15, 0.2) is 51.2 Å². The van der Waals surface area contributed by atoms with E-state index >= 15 is 0 Å². The number of carbonyl (C=O) groups is 1. The van der Waals surface area contributed by atoms with Gasteiger partial charge in [0.05, 0.1) is 18.2 Å². The molecule has 0 unspecified atom stereocenters. The van der Waals surface area contributed by atoms with Crippen molar-refractivity contribution >= 4 is 39.3 Å². The number of aryl methyl sites for hydroxylation is 2. The molecule has 0 atom stereocenters. The minimum absolute atomic E-state index is 0.208. The molecular formula is C22H20N2O3S2. The van der Waals surface area contributed by atoms with Gasteiger partial charge in [-0.25, -0.2) is 14.8 Å². The van der Waals surface area contributed by atoms with Crippen molar-refractivity contribution in [3.8, 4) is 11.1 Å². The van der Waals surface area contributed by atoms with Crippen LogP contribution in [-0.2, 0) is 16.9 Å². The maximum atomic E-state index is 11.6. The van der Waals surface area contributed by atoms with Crippen molar-refractivity contribution in [2.75, 3.05) is 7.11 Å². The number of hydrogen-bond acceptors (Lipinski definition) is 7. The third-order valence-electron chi connectivity index (χ3n) is 4.58. The smallest absolute Gasteiger partial charge is 0.373 e. The van der Waals surface area contributed by atoms with Crippen LogP contribution >= 0.6 is 23.1 Å². The molecule has 0 bridgehead atoms. The molecule has 4 rings (SSSR count). The molecule has 0 fully saturated rings. The van der Waals surface area contributed by atoms with Crippen LogP contribution in [-0.4, -0.2) is 23.0 Å². The maximum absolute atomic E-state index is 11.6. The number of ether oxygens (including phenoxy) is 1. The molecule has 0 radical (unpaired) electrons. The Bertz CT molecular complexity index is 1160. The molecule has 1 aromatic carbocycles. The van der Waals surface area contributed by atoms with Crippen molar-refractivity contribution in [1.29, 1.82) is 0 Å². The van der Waals surface area contributed by atoms with E-state index in [9.17, 15) is 4.79 Å². The van der Waals surface area contributed by atoms with Gasteiger partial charge in [-0.2, -0.15) is 0 Å². The Labute approximate surface area is 177 Å². The van der Waals surface area contributed by atoms with Gasteiger partial charge < -0.3 is 9.15 Å². The number of thiophene rings is 1. The van der Waals surface area contributed by atoms with Crippen molar-refractivity contribution in [3.63, 3.8) is 0 Å². The molecule has 148 valence electrons. The third kappa shape index (κ3) is 4.06. The fraction of sp³-hybridized carbons (Fsp3) is 0.227. The summed E-state index contributed by atoms with van der Waals surface area (Å²) in [5, 5.41) is 4.13. The molecule has 29 heavy (non-hydrogen) atoms. The molecule has 7 heteroatoms. The highest BCUT2D eigenvalue weighted by Crippen LogP contribution is 2.39. The lowest BCUT2D eigenvalue weighted by Gasteiger charge is -2.07. The number of hydrogen-bond donors (Lipinski definition) is 0. The van der Waals surface area contributed by atoms with Gasteiger partial charge in [-0.15, -0.1) is 11.3 Å². The predicted molar refractivity (Wildman–Crippen MR) is 117 cm³/mol. The molecule has 4 aromatic rings. The van der Waals surface area contributed by atoms with Gasteiger partial charge in [-0.1, -0.05) is 43.0 Å². The van der Waals surface area contributed by atoms with E-state index in [0.717, 1.165) is 38.6 Å². The molecule has 0 N–H and O–H groups in total. The van der Waals surface area contributed by atoms with Gasteiger partial charge >= 0.3 is 5.97 Å². The summed E-state index contributed by atoms with van der Waals surface area (Å²) in [6.07, 6.45) is 1.02. The van der Waals surface area contributed by atoms with Crippen LogP contribution < -0.4 is 0 Å². The number of methoxy groups -OCH3 is 1. The fourth-order valence-corrected chi connectivity index (χ4v) is 5.09. The largest absolute Gasteiger partial charge is 0.463 e. The lowest BCUT2D eigenvalue weighted by Crippen LogP contribution is -1.98. The monoisotopic (exact) mass is 424 g/mol. The Kier molecular flexibility index (Phi) is 5.69. The molecule has 0 aliphatic heterocycles. The lowest BCUT2D eigenvalue weighted by molar-refractivity contribution is 0.0563. The first-order valence-electron chi connectivity index (χ1n) is 9.24. The van der Waals surface area contributed by atoms with Crippen LogP contribution in [0, 0.1) is 6.92 Å². The van der Waals surface area contributed by atoms with Gasteiger partial charge in [-0.3, -0.25) is 0 Å². The zero-order chi connectivity index (χ0) is 20.4. The van der Waals surface area contributed by atoms with Crippen molar-refractivity contribution in [3.05, 3.63) is 64.7 Å². The van der Waals surface area contributed by atoms with Gasteiger partial charge in [0.25, 0.3) is 0 Å². The van der Waals surface area contributed by atoms with E-state index in [2.05, 4.69) is 41.6 Å². The first-order valence-corrected chi connectivity index (χ1v) is 11.1. The van der Waals surface area contributed by atoms with E-state index in [4.69, 9.17) is 14.1 Å². The predicted octanol–water partition coefficient (Wildman–Crippen LogP) is 5.90. The van der Waals surface area contributed by atoms with Crippen molar-refractivity contribution < 1.29 is 13.9 Å². The minimum Gasteiger partial charge on any atom is -0.463 e. The molecular weight excluding hydrogens is 404 g/mol. The van der Waals surface area contributed by atoms with Crippen LogP contribution in [0.5, 0.6) is 0 Å². The number of carbonyl (C=O) groups excluding carboxylic acids is 1. The number of fused-ring (bicyclic) bond motifs is 1. The summed E-state index contributed by atoms with van der Waals surface area (Å²) < 4.78 is 10.3. The van der Waals surface area contributed by atoms with E-state index in [1.807, 2.05) is 6.92 Å². The summed E-state index contributed by atoms with van der Waals surface area (Å²) in [6, 6.07) is 12.1. The molecule has 0 saturated carbocycles. The number of aromatic nitrogens is 2. The Morgan fingerprint density at radius 3 is 2.69 bits per heavy atom. The van der Waals surface area contributed by atoms with Gasteiger partial charge in [0.1, 0.15) is 21.4 Å². The number of esters is 1. The highest BCUT2D eigenvalue weighted by Gasteiger charge is 2.16. The Morgan fingerprint density at radius 1 is 1.17 bits per heavy atom. The number of nitrogens with zero attached hydrogens (tertiary/aromatic N) is 2. The molecule has 3 heterocycles. The van der Waals surface area contributed by atoms with E-state index in [-0.39, 0.29) is 5.76 Å². The quantitative estimate of drug-likeness (QED) is 0.218. The fourth-order valence-electron chi connectivity index (χ4n) is 3.05. The second-order valence-electron chi connectivity index (χ2n) is 6.50. The summed E-state index contributed by atoms with van der Waals surface area (Å²) in [6.45, 7) is 4.06. The molecule has 0 aliphatic carbocycles. The molecule has 0 aliphatic rings. The van der Waals surface area contributed by atoms with E-state index < -0.39 is 5.97 Å². The summed E-state index contributed by atoms with van der Waals surface area (Å²) in [4.78, 5) is 21.9. The highest BCUT2D eigenvalue weighted by atomic mass is 32.2. The Balaban J connectivity index is 1.67. The van der Waals surface area contributed by atoms with Crippen molar-refractivity contribution in [2.24, 2.45) is 0 Å². The highest BCUT2D eigenvalue weighted by molar-refractivity contribution is 7.98. The van der Waals surface area contributed by atoms with Gasteiger partial charge in [0.2, 0.25) is 5.76 Å². The number of rotatable bonds is 6. The molecule has 0 amide bonds. The van der Waals surface area contributed by atoms with Crippen LogP contribution in [0.2, 0.25) is 0 Å². The second-order valence-corrected chi connectivity index (χ2v) is 8.32. The molecule has 3 aromatic heterocycles. The third-order valence-corrected chi connectivity index (χ3v) is 6.45. The normalized spacial score (nSPS) is 11.1. The number of benzene rings is 1. The van der Waals surface area contributed by atoms with Crippen LogP contribution in [0.4, 0.5) is 0 Å². The van der Waals surface area contributed by atoms with E-state index in [1.165, 1.54) is 12.7 Å². The van der Waals surface area contributed by atoms with Crippen molar-refractivity contribution in [1.82, 2.24) is 9.97 Å². The average molecular weight is 425 g/mol.